The van der Waals surface area contributed by atoms with Crippen LogP contribution < -0.4 is 9.64 Å². The number of carbonyl (C=O) groups is 2. The number of fused-ring (bicyclic) bond motifs is 1. The minimum atomic E-state index is -0.499. The van der Waals surface area contributed by atoms with Crippen LogP contribution in [0.2, 0.25) is 5.02 Å². The largest absolute Gasteiger partial charge is 0.491 e. The summed E-state index contributed by atoms with van der Waals surface area (Å²) in [7, 11) is 3.09. The first-order valence-electron chi connectivity index (χ1n) is 16.9. The quantitative estimate of drug-likeness (QED) is 0.285. The molecule has 5 atom stereocenters. The Labute approximate surface area is 281 Å². The number of amides is 1. The van der Waals surface area contributed by atoms with Crippen LogP contribution in [0.5, 0.6) is 5.75 Å². The van der Waals surface area contributed by atoms with E-state index < -0.39 is 6.10 Å². The normalized spacial score (nSPS) is 22.6. The molecule has 8 nitrogen and oxygen atoms in total. The van der Waals surface area contributed by atoms with Crippen LogP contribution in [-0.2, 0) is 25.5 Å². The highest BCUT2D eigenvalue weighted by Gasteiger charge is 2.40. The van der Waals surface area contributed by atoms with Crippen molar-refractivity contribution in [1.29, 1.82) is 0 Å². The maximum Gasteiger partial charge on any atom is 0.292 e. The molecule has 0 bridgehead atoms. The van der Waals surface area contributed by atoms with E-state index in [0.717, 1.165) is 61.1 Å². The van der Waals surface area contributed by atoms with Crippen LogP contribution in [0.4, 0.5) is 5.69 Å². The average molecular weight is 659 g/mol. The summed E-state index contributed by atoms with van der Waals surface area (Å²) in [5.41, 5.74) is 4.74. The van der Waals surface area contributed by atoms with Crippen molar-refractivity contribution in [3.63, 3.8) is 0 Å². The molecule has 0 aromatic heterocycles. The number of hydrogen-bond acceptors (Lipinski definition) is 7. The van der Waals surface area contributed by atoms with Gasteiger partial charge in [0.25, 0.3) is 6.47 Å². The lowest BCUT2D eigenvalue weighted by Crippen LogP contribution is -2.45. The van der Waals surface area contributed by atoms with E-state index in [1.54, 1.807) is 18.9 Å². The number of benzene rings is 2. The van der Waals surface area contributed by atoms with Gasteiger partial charge in [-0.05, 0) is 105 Å². The van der Waals surface area contributed by atoms with E-state index in [1.165, 1.54) is 50.3 Å². The second-order valence-corrected chi connectivity index (χ2v) is 13.1. The number of rotatable bonds is 9. The lowest BCUT2D eigenvalue weighted by Gasteiger charge is -2.45. The number of anilines is 1. The van der Waals surface area contributed by atoms with Gasteiger partial charge in [0.2, 0.25) is 5.91 Å². The molecule has 1 aliphatic carbocycles. The van der Waals surface area contributed by atoms with Crippen LogP contribution >= 0.6 is 11.6 Å². The maximum atomic E-state index is 10.3. The second-order valence-electron chi connectivity index (χ2n) is 12.7. The molecule has 256 valence electrons. The van der Waals surface area contributed by atoms with Gasteiger partial charge in [0.1, 0.15) is 5.75 Å². The van der Waals surface area contributed by atoms with Crippen molar-refractivity contribution in [2.24, 2.45) is 11.8 Å². The Kier molecular flexibility index (Phi) is 15.6. The van der Waals surface area contributed by atoms with Crippen LogP contribution in [0, 0.1) is 11.8 Å². The number of carbonyl (C=O) groups excluding carboxylic acids is 2. The highest BCUT2D eigenvalue weighted by atomic mass is 35.5. The van der Waals surface area contributed by atoms with Crippen molar-refractivity contribution in [1.82, 2.24) is 4.90 Å². The standard InChI is InChI=1S/C30H40ClNO3.C5H11NO.C2H4O2/c1-3-6-22-15-25(31)10-12-26(22)24-18-32(17-23-8-11-27(23)29-7-4-5-14-34-29)28-16-21(20(2)33)9-13-30(28)35-19-24;1-4-6(3)5(2)7;1-4-2-3/h9-10,12-13,15-16,20,23-24,27,29,33H,3-8,11,14,17-19H2,1-2H3;4H2,1-3H3;2H,1H3. The number of halogens is 1. The molecular weight excluding hydrogens is 604 g/mol. The van der Waals surface area contributed by atoms with Gasteiger partial charge in [0, 0.05) is 51.2 Å². The lowest BCUT2D eigenvalue weighted by atomic mass is 9.69. The molecule has 1 amide bonds. The highest BCUT2D eigenvalue weighted by Crippen LogP contribution is 2.44. The number of ether oxygens (including phenoxy) is 3. The van der Waals surface area contributed by atoms with Gasteiger partial charge < -0.3 is 29.1 Å². The summed E-state index contributed by atoms with van der Waals surface area (Å²) in [6.45, 7) is 12.2. The molecule has 2 heterocycles. The Bertz CT molecular complexity index is 1230. The highest BCUT2D eigenvalue weighted by molar-refractivity contribution is 6.30. The molecule has 2 fully saturated rings. The van der Waals surface area contributed by atoms with Gasteiger partial charge in [0.15, 0.2) is 0 Å². The zero-order chi connectivity index (χ0) is 33.6. The smallest absolute Gasteiger partial charge is 0.292 e. The SMILES string of the molecule is CCCc1cc(Cl)ccc1C1COc2ccc(C(C)O)cc2N(CC2CCC2C2CCCCO2)C1.CCN(C)C(C)=O.COC=O. The fraction of sp³-hybridized carbons (Fsp3) is 0.622. The molecule has 2 aliphatic heterocycles. The Hall–Kier alpha value is -2.81. The fourth-order valence-corrected chi connectivity index (χ4v) is 6.71. The maximum absolute atomic E-state index is 10.3. The molecular formula is C37H55ClN2O6. The monoisotopic (exact) mass is 658 g/mol. The minimum Gasteiger partial charge on any atom is -0.491 e. The van der Waals surface area contributed by atoms with Crippen molar-refractivity contribution in [3.05, 3.63) is 58.1 Å². The topological polar surface area (TPSA) is 88.5 Å². The Morgan fingerprint density at radius 2 is 1.93 bits per heavy atom. The molecule has 1 N–H and O–H groups in total. The molecule has 46 heavy (non-hydrogen) atoms. The van der Waals surface area contributed by atoms with Crippen LogP contribution in [0.1, 0.15) is 94.9 Å². The fourth-order valence-electron chi connectivity index (χ4n) is 6.51. The van der Waals surface area contributed by atoms with Crippen molar-refractivity contribution in [2.75, 3.05) is 51.9 Å². The number of methoxy groups -OCH3 is 1. The molecule has 5 unspecified atom stereocenters. The summed E-state index contributed by atoms with van der Waals surface area (Å²) in [6, 6.07) is 12.5. The molecule has 1 saturated carbocycles. The average Bonchev–Trinajstić information content (AvgIpc) is 3.22. The number of aliphatic hydroxyl groups is 1. The lowest BCUT2D eigenvalue weighted by molar-refractivity contribution is -0.127. The number of nitrogens with zero attached hydrogens (tertiary/aromatic N) is 2. The van der Waals surface area contributed by atoms with Crippen LogP contribution in [0.15, 0.2) is 36.4 Å². The van der Waals surface area contributed by atoms with E-state index in [0.29, 0.717) is 31.0 Å². The molecule has 0 radical (unpaired) electrons. The van der Waals surface area contributed by atoms with E-state index in [-0.39, 0.29) is 11.8 Å². The van der Waals surface area contributed by atoms with Crippen molar-refractivity contribution in [2.45, 2.75) is 90.8 Å². The summed E-state index contributed by atoms with van der Waals surface area (Å²) in [5, 5.41) is 11.1. The van der Waals surface area contributed by atoms with E-state index in [4.69, 9.17) is 25.9 Å². The first kappa shape index (κ1) is 37.6. The van der Waals surface area contributed by atoms with E-state index in [2.05, 4.69) is 34.8 Å². The van der Waals surface area contributed by atoms with Gasteiger partial charge in [-0.1, -0.05) is 37.1 Å². The van der Waals surface area contributed by atoms with Crippen LogP contribution in [0.25, 0.3) is 0 Å². The Morgan fingerprint density at radius 1 is 1.17 bits per heavy atom. The summed E-state index contributed by atoms with van der Waals surface area (Å²) in [6.07, 6.45) is 8.30. The Morgan fingerprint density at radius 3 is 2.48 bits per heavy atom. The molecule has 2 aromatic rings. The number of aryl methyl sites for hydroxylation is 1. The van der Waals surface area contributed by atoms with Gasteiger partial charge in [-0.2, -0.15) is 0 Å². The van der Waals surface area contributed by atoms with Gasteiger partial charge >= 0.3 is 0 Å². The molecule has 2 aromatic carbocycles. The minimum absolute atomic E-state index is 0.127. The second kappa shape index (κ2) is 19.1. The third-order valence-electron chi connectivity index (χ3n) is 9.48. The van der Waals surface area contributed by atoms with Gasteiger partial charge in [-0.3, -0.25) is 9.59 Å². The summed E-state index contributed by atoms with van der Waals surface area (Å²) in [5.74, 6) is 2.61. The molecule has 5 rings (SSSR count). The van der Waals surface area contributed by atoms with Crippen molar-refractivity contribution < 1.29 is 28.9 Å². The zero-order valence-electron chi connectivity index (χ0n) is 28.7. The predicted octanol–water partition coefficient (Wildman–Crippen LogP) is 7.20. The van der Waals surface area contributed by atoms with Gasteiger partial charge in [0.05, 0.1) is 31.6 Å². The molecule has 1 saturated heterocycles. The van der Waals surface area contributed by atoms with Crippen LogP contribution in [-0.4, -0.2) is 75.5 Å². The van der Waals surface area contributed by atoms with E-state index in [9.17, 15) is 9.90 Å². The Balaban J connectivity index is 0.000000452. The van der Waals surface area contributed by atoms with Crippen molar-refractivity contribution in [3.8, 4) is 5.75 Å². The van der Waals surface area contributed by atoms with E-state index >= 15 is 0 Å². The predicted molar refractivity (Wildman–Crippen MR) is 185 cm³/mol. The molecule has 9 heteroatoms. The third-order valence-corrected chi connectivity index (χ3v) is 9.72. The number of hydrogen-bond donors (Lipinski definition) is 1. The zero-order valence-corrected chi connectivity index (χ0v) is 29.4. The molecule has 0 spiro atoms. The van der Waals surface area contributed by atoms with E-state index in [1.807, 2.05) is 32.0 Å². The molecule has 3 aliphatic rings. The van der Waals surface area contributed by atoms with Crippen LogP contribution in [0.3, 0.4) is 0 Å². The number of aliphatic hydroxyl groups excluding tert-OH is 1. The van der Waals surface area contributed by atoms with Gasteiger partial charge in [-0.15, -0.1) is 0 Å². The van der Waals surface area contributed by atoms with Gasteiger partial charge in [-0.25, -0.2) is 0 Å². The first-order valence-corrected chi connectivity index (χ1v) is 17.3. The summed E-state index contributed by atoms with van der Waals surface area (Å²) < 4.78 is 16.5. The van der Waals surface area contributed by atoms with Crippen molar-refractivity contribution >= 4 is 29.7 Å². The summed E-state index contributed by atoms with van der Waals surface area (Å²) >= 11 is 6.38. The third kappa shape index (κ3) is 10.6. The first-order chi connectivity index (χ1) is 22.1. The summed E-state index contributed by atoms with van der Waals surface area (Å²) in [4.78, 5) is 23.4.